The Labute approximate surface area is 140 Å². The highest BCUT2D eigenvalue weighted by Gasteiger charge is 2.60. The predicted molar refractivity (Wildman–Crippen MR) is 84.3 cm³/mol. The Kier molecular flexibility index (Phi) is 3.86. The zero-order chi connectivity index (χ0) is 17.8. The molecule has 2 saturated carbocycles. The maximum absolute atomic E-state index is 13.4. The van der Waals surface area contributed by atoms with E-state index >= 15 is 0 Å². The number of nitrogens with one attached hydrogen (secondary N) is 1. The quantitative estimate of drug-likeness (QED) is 0.865. The van der Waals surface area contributed by atoms with Gasteiger partial charge in [0.1, 0.15) is 5.60 Å². The zero-order valence-corrected chi connectivity index (χ0v) is 14.2. The number of alkyl carbamates (subject to hydrolysis) is 1. The summed E-state index contributed by atoms with van der Waals surface area (Å²) in [6, 6.07) is 3.58. The van der Waals surface area contributed by atoms with Crippen molar-refractivity contribution in [1.29, 1.82) is 0 Å². The minimum atomic E-state index is -1.11. The SMILES string of the molecule is CC(C)(C)OC(=O)NC1CC2(C1)CC(O)(c1ccc(F)c(F)c1)C2. The average molecular weight is 339 g/mol. The van der Waals surface area contributed by atoms with Gasteiger partial charge in [0, 0.05) is 6.04 Å². The number of carbonyl (C=O) groups is 1. The van der Waals surface area contributed by atoms with E-state index in [0.717, 1.165) is 25.0 Å². The summed E-state index contributed by atoms with van der Waals surface area (Å²) in [5.41, 5.74) is -1.25. The summed E-state index contributed by atoms with van der Waals surface area (Å²) in [6.45, 7) is 5.42. The van der Waals surface area contributed by atoms with Crippen molar-refractivity contribution in [2.45, 2.75) is 63.7 Å². The van der Waals surface area contributed by atoms with Crippen molar-refractivity contribution in [3.05, 3.63) is 35.4 Å². The Balaban J connectivity index is 1.52. The minimum absolute atomic E-state index is 0.0285. The van der Waals surface area contributed by atoms with E-state index in [1.807, 2.05) is 20.8 Å². The molecule has 0 aliphatic heterocycles. The van der Waals surface area contributed by atoms with E-state index in [9.17, 15) is 18.7 Å². The van der Waals surface area contributed by atoms with Gasteiger partial charge in [0.05, 0.1) is 5.60 Å². The van der Waals surface area contributed by atoms with Crippen LogP contribution in [0.15, 0.2) is 18.2 Å². The first-order valence-electron chi connectivity index (χ1n) is 8.18. The maximum Gasteiger partial charge on any atom is 0.407 e. The van der Waals surface area contributed by atoms with Crippen LogP contribution >= 0.6 is 0 Å². The smallest absolute Gasteiger partial charge is 0.407 e. The van der Waals surface area contributed by atoms with E-state index in [-0.39, 0.29) is 11.5 Å². The lowest BCUT2D eigenvalue weighted by molar-refractivity contribution is -0.177. The molecule has 2 fully saturated rings. The molecule has 1 spiro atoms. The molecule has 0 heterocycles. The predicted octanol–water partition coefficient (Wildman–Crippen LogP) is 3.62. The van der Waals surface area contributed by atoms with Crippen LogP contribution in [0.3, 0.4) is 0 Å². The van der Waals surface area contributed by atoms with Crippen LogP contribution in [0, 0.1) is 17.0 Å². The molecule has 24 heavy (non-hydrogen) atoms. The highest BCUT2D eigenvalue weighted by molar-refractivity contribution is 5.68. The van der Waals surface area contributed by atoms with Crippen LogP contribution in [0.1, 0.15) is 52.0 Å². The topological polar surface area (TPSA) is 58.6 Å². The molecule has 1 aromatic rings. The van der Waals surface area contributed by atoms with Crippen molar-refractivity contribution >= 4 is 6.09 Å². The number of carbonyl (C=O) groups excluding carboxylic acids is 1. The number of amides is 1. The van der Waals surface area contributed by atoms with Crippen LogP contribution in [0.25, 0.3) is 0 Å². The Bertz CT molecular complexity index is 655. The fourth-order valence-corrected chi connectivity index (χ4v) is 4.03. The van der Waals surface area contributed by atoms with Crippen molar-refractivity contribution in [2.24, 2.45) is 5.41 Å². The molecular formula is C18H23F2NO3. The third kappa shape index (κ3) is 3.24. The lowest BCUT2D eigenvalue weighted by Gasteiger charge is -2.61. The maximum atomic E-state index is 13.4. The molecule has 132 valence electrons. The van der Waals surface area contributed by atoms with Gasteiger partial charge >= 0.3 is 6.09 Å². The highest BCUT2D eigenvalue weighted by atomic mass is 19.2. The molecule has 2 aliphatic carbocycles. The van der Waals surface area contributed by atoms with Crippen LogP contribution in [0.4, 0.5) is 13.6 Å². The fraction of sp³-hybridized carbons (Fsp3) is 0.611. The monoisotopic (exact) mass is 339 g/mol. The Morgan fingerprint density at radius 3 is 2.42 bits per heavy atom. The summed E-state index contributed by atoms with van der Waals surface area (Å²) in [6.07, 6.45) is 2.09. The molecule has 3 rings (SSSR count). The molecular weight excluding hydrogens is 316 g/mol. The van der Waals surface area contributed by atoms with Gasteiger partial charge < -0.3 is 15.2 Å². The third-order valence-electron chi connectivity index (χ3n) is 4.87. The summed E-state index contributed by atoms with van der Waals surface area (Å²) in [5.74, 6) is -1.86. The number of rotatable bonds is 2. The summed E-state index contributed by atoms with van der Waals surface area (Å²) >= 11 is 0. The Morgan fingerprint density at radius 1 is 1.25 bits per heavy atom. The second-order valence-electron chi connectivity index (χ2n) is 8.27. The first-order chi connectivity index (χ1) is 11.0. The minimum Gasteiger partial charge on any atom is -0.444 e. The van der Waals surface area contributed by atoms with Gasteiger partial charge in [-0.15, -0.1) is 0 Å². The fourth-order valence-electron chi connectivity index (χ4n) is 4.03. The van der Waals surface area contributed by atoms with Gasteiger partial charge in [0.15, 0.2) is 11.6 Å². The number of hydrogen-bond donors (Lipinski definition) is 2. The Morgan fingerprint density at radius 2 is 1.88 bits per heavy atom. The molecule has 0 saturated heterocycles. The van der Waals surface area contributed by atoms with Crippen molar-refractivity contribution in [2.75, 3.05) is 0 Å². The number of halogens is 2. The van der Waals surface area contributed by atoms with Crippen LogP contribution in [-0.2, 0) is 10.3 Å². The van der Waals surface area contributed by atoms with Crippen LogP contribution in [0.2, 0.25) is 0 Å². The molecule has 6 heteroatoms. The number of benzene rings is 1. The lowest BCUT2D eigenvalue weighted by atomic mass is 9.47. The van der Waals surface area contributed by atoms with Crippen molar-refractivity contribution in [3.63, 3.8) is 0 Å². The van der Waals surface area contributed by atoms with Gasteiger partial charge in [-0.2, -0.15) is 0 Å². The standard InChI is InChI=1S/C18H23F2NO3/c1-16(2,3)24-15(22)21-12-7-17(8-12)9-18(23,10-17)11-4-5-13(19)14(20)6-11/h4-6,12,23H,7-10H2,1-3H3,(H,21,22). The molecule has 0 aromatic heterocycles. The normalized spacial score (nSPS) is 32.0. The first kappa shape index (κ1) is 17.1. The molecule has 2 aliphatic rings. The molecule has 0 radical (unpaired) electrons. The largest absolute Gasteiger partial charge is 0.444 e. The molecule has 2 N–H and O–H groups in total. The first-order valence-corrected chi connectivity index (χ1v) is 8.18. The van der Waals surface area contributed by atoms with Crippen molar-refractivity contribution in [1.82, 2.24) is 5.32 Å². The summed E-state index contributed by atoms with van der Waals surface area (Å²) in [4.78, 5) is 11.7. The molecule has 0 atom stereocenters. The van der Waals surface area contributed by atoms with Gasteiger partial charge in [-0.3, -0.25) is 0 Å². The van der Waals surface area contributed by atoms with Crippen molar-refractivity contribution < 1.29 is 23.4 Å². The molecule has 0 unspecified atom stereocenters. The van der Waals surface area contributed by atoms with Crippen molar-refractivity contribution in [3.8, 4) is 0 Å². The van der Waals surface area contributed by atoms with Crippen LogP contribution in [0.5, 0.6) is 0 Å². The highest BCUT2D eigenvalue weighted by Crippen LogP contribution is 2.63. The molecule has 1 amide bonds. The van der Waals surface area contributed by atoms with E-state index in [4.69, 9.17) is 4.74 Å². The molecule has 4 nitrogen and oxygen atoms in total. The van der Waals surface area contributed by atoms with E-state index in [1.165, 1.54) is 6.07 Å². The van der Waals surface area contributed by atoms with Gasteiger partial charge in [0.2, 0.25) is 0 Å². The van der Waals surface area contributed by atoms with E-state index in [0.29, 0.717) is 18.4 Å². The second-order valence-corrected chi connectivity index (χ2v) is 8.27. The van der Waals surface area contributed by atoms with Crippen LogP contribution in [-0.4, -0.2) is 22.8 Å². The van der Waals surface area contributed by atoms with E-state index in [1.54, 1.807) is 0 Å². The summed E-state index contributed by atoms with van der Waals surface area (Å²) in [7, 11) is 0. The second kappa shape index (κ2) is 5.41. The molecule has 0 bridgehead atoms. The third-order valence-corrected chi connectivity index (χ3v) is 4.87. The van der Waals surface area contributed by atoms with Crippen LogP contribution < -0.4 is 5.32 Å². The van der Waals surface area contributed by atoms with Gasteiger partial charge in [-0.05, 0) is 69.6 Å². The number of hydrogen-bond acceptors (Lipinski definition) is 3. The van der Waals surface area contributed by atoms with Gasteiger partial charge in [0.25, 0.3) is 0 Å². The summed E-state index contributed by atoms with van der Waals surface area (Å²) < 4.78 is 31.6. The van der Waals surface area contributed by atoms with Gasteiger partial charge in [-0.25, -0.2) is 13.6 Å². The summed E-state index contributed by atoms with van der Waals surface area (Å²) in [5, 5.41) is 13.4. The number of aliphatic hydroxyl groups is 1. The molecule has 1 aromatic carbocycles. The van der Waals surface area contributed by atoms with E-state index in [2.05, 4.69) is 5.32 Å². The van der Waals surface area contributed by atoms with E-state index < -0.39 is 28.9 Å². The Hall–Kier alpha value is -1.69. The van der Waals surface area contributed by atoms with Gasteiger partial charge in [-0.1, -0.05) is 6.07 Å². The zero-order valence-electron chi connectivity index (χ0n) is 14.2. The number of ether oxygens (including phenoxy) is 1. The lowest BCUT2D eigenvalue weighted by Crippen LogP contribution is -2.61. The average Bonchev–Trinajstić information content (AvgIpc) is 2.35.